The number of hydrogen-bond acceptors (Lipinski definition) is 6. The van der Waals surface area contributed by atoms with E-state index in [-0.39, 0.29) is 108 Å². The molecular formula is C17H10FK2N3O4. The van der Waals surface area contributed by atoms with Gasteiger partial charge in [0.15, 0.2) is 0 Å². The van der Waals surface area contributed by atoms with Gasteiger partial charge in [0.25, 0.3) is 0 Å². The fraction of sp³-hybridized carbons (Fsp3) is 0.0588. The second-order valence-corrected chi connectivity index (χ2v) is 5.23. The molecule has 27 heavy (non-hydrogen) atoms. The number of carboxylic acids is 2. The zero-order chi connectivity index (χ0) is 18.1. The summed E-state index contributed by atoms with van der Waals surface area (Å²) in [5.41, 5.74) is -0.0151. The Labute approximate surface area is 238 Å². The van der Waals surface area contributed by atoms with Gasteiger partial charge >= 0.3 is 103 Å². The first-order valence-electron chi connectivity index (χ1n) is 7.10. The molecule has 0 aliphatic heterocycles. The van der Waals surface area contributed by atoms with Crippen molar-refractivity contribution in [3.05, 3.63) is 59.8 Å². The summed E-state index contributed by atoms with van der Waals surface area (Å²) in [6.45, 7) is 0. The standard InChI is InChI=1S/C17H12FN3O4.2K/c1-21-8-12(14(20-21)9-2-4-10(18)5-3-9)11-6-7-19-15(17(24)25)13(11)16(22)23;;/h2-8H,1H3,(H,22,23)(H,24,25);;/q;2*+1/p-2. The molecule has 0 N–H and O–H groups in total. The van der Waals surface area contributed by atoms with E-state index < -0.39 is 29.0 Å². The van der Waals surface area contributed by atoms with Crippen LogP contribution in [0.5, 0.6) is 0 Å². The van der Waals surface area contributed by atoms with Crippen LogP contribution in [0, 0.1) is 5.82 Å². The van der Waals surface area contributed by atoms with Crippen LogP contribution < -0.4 is 113 Å². The van der Waals surface area contributed by atoms with Gasteiger partial charge < -0.3 is 19.8 Å². The normalized spacial score (nSPS) is 9.85. The molecular weight excluding hydrogens is 407 g/mol. The molecule has 0 aliphatic rings. The van der Waals surface area contributed by atoms with Gasteiger partial charge in [-0.05, 0) is 35.9 Å². The monoisotopic (exact) mass is 417 g/mol. The van der Waals surface area contributed by atoms with Crippen molar-refractivity contribution in [2.24, 2.45) is 7.05 Å². The second-order valence-electron chi connectivity index (χ2n) is 5.23. The van der Waals surface area contributed by atoms with Crippen molar-refractivity contribution in [1.29, 1.82) is 0 Å². The Morgan fingerprint density at radius 3 is 2.19 bits per heavy atom. The first-order valence-corrected chi connectivity index (χ1v) is 7.10. The van der Waals surface area contributed by atoms with Crippen LogP contribution >= 0.6 is 0 Å². The molecule has 3 aromatic rings. The van der Waals surface area contributed by atoms with E-state index >= 15 is 0 Å². The number of pyridine rings is 1. The number of aromatic carboxylic acids is 2. The van der Waals surface area contributed by atoms with Crippen molar-refractivity contribution in [2.75, 3.05) is 0 Å². The molecule has 2 aromatic heterocycles. The van der Waals surface area contributed by atoms with E-state index in [2.05, 4.69) is 10.1 Å². The van der Waals surface area contributed by atoms with Crippen LogP contribution in [0.15, 0.2) is 42.7 Å². The van der Waals surface area contributed by atoms with Crippen molar-refractivity contribution < 1.29 is 127 Å². The summed E-state index contributed by atoms with van der Waals surface area (Å²) in [6, 6.07) is 6.81. The molecule has 0 bridgehead atoms. The maximum absolute atomic E-state index is 13.2. The number of rotatable bonds is 4. The Morgan fingerprint density at radius 1 is 1.00 bits per heavy atom. The molecule has 1 aromatic carbocycles. The first kappa shape index (κ1) is 24.8. The van der Waals surface area contributed by atoms with Gasteiger partial charge in [-0.1, -0.05) is 0 Å². The minimum Gasteiger partial charge on any atom is -0.545 e. The Hall–Kier alpha value is -0.277. The summed E-state index contributed by atoms with van der Waals surface area (Å²) >= 11 is 0. The van der Waals surface area contributed by atoms with Crippen LogP contribution in [-0.4, -0.2) is 26.7 Å². The molecule has 7 nitrogen and oxygen atoms in total. The molecule has 0 saturated heterocycles. The van der Waals surface area contributed by atoms with E-state index in [1.807, 2.05) is 0 Å². The number of aromatic nitrogens is 3. The predicted octanol–water partition coefficient (Wildman–Crippen LogP) is -5.98. The topological polar surface area (TPSA) is 111 Å². The van der Waals surface area contributed by atoms with Gasteiger partial charge in [0, 0.05) is 36.1 Å². The van der Waals surface area contributed by atoms with Crippen LogP contribution in [0.4, 0.5) is 4.39 Å². The second kappa shape index (κ2) is 10.5. The molecule has 0 radical (unpaired) electrons. The predicted molar refractivity (Wildman–Crippen MR) is 80.5 cm³/mol. The van der Waals surface area contributed by atoms with Crippen LogP contribution in [0.1, 0.15) is 20.8 Å². The number of hydrogen-bond donors (Lipinski definition) is 0. The zero-order valence-electron chi connectivity index (χ0n) is 14.9. The summed E-state index contributed by atoms with van der Waals surface area (Å²) in [7, 11) is 1.62. The number of aryl methyl sites for hydroxylation is 1. The SMILES string of the molecule is Cn1cc(-c2ccnc(C(=O)[O-])c2C(=O)[O-])c(-c2ccc(F)cc2)n1.[K+].[K+]. The molecule has 0 fully saturated rings. The number of carboxylic acid groups (broad SMARTS) is 2. The van der Waals surface area contributed by atoms with Gasteiger partial charge in [-0.15, -0.1) is 0 Å². The summed E-state index contributed by atoms with van der Waals surface area (Å²) in [4.78, 5) is 26.2. The number of halogens is 1. The third-order valence-electron chi connectivity index (χ3n) is 3.59. The number of carbonyl (C=O) groups is 2. The minimum absolute atomic E-state index is 0. The van der Waals surface area contributed by atoms with Gasteiger partial charge in [-0.2, -0.15) is 5.10 Å². The van der Waals surface area contributed by atoms with Gasteiger partial charge in [0.1, 0.15) is 11.5 Å². The van der Waals surface area contributed by atoms with E-state index in [1.54, 1.807) is 7.05 Å². The zero-order valence-corrected chi connectivity index (χ0v) is 21.1. The maximum atomic E-state index is 13.2. The molecule has 126 valence electrons. The van der Waals surface area contributed by atoms with Crippen molar-refractivity contribution >= 4 is 11.9 Å². The molecule has 0 saturated carbocycles. The molecule has 0 atom stereocenters. The minimum atomic E-state index is -1.73. The third-order valence-corrected chi connectivity index (χ3v) is 3.59. The van der Waals surface area contributed by atoms with Crippen molar-refractivity contribution in [2.45, 2.75) is 0 Å². The van der Waals surface area contributed by atoms with Gasteiger partial charge in [0.2, 0.25) is 0 Å². The maximum Gasteiger partial charge on any atom is 1.00 e. The molecule has 3 rings (SSSR count). The van der Waals surface area contributed by atoms with Crippen LogP contribution in [-0.2, 0) is 7.05 Å². The van der Waals surface area contributed by atoms with Crippen molar-refractivity contribution in [3.63, 3.8) is 0 Å². The molecule has 0 aliphatic carbocycles. The van der Waals surface area contributed by atoms with Gasteiger partial charge in [0.05, 0.1) is 17.6 Å². The fourth-order valence-electron chi connectivity index (χ4n) is 2.55. The van der Waals surface area contributed by atoms with Crippen molar-refractivity contribution in [3.8, 4) is 22.4 Å². The smallest absolute Gasteiger partial charge is 0.545 e. The largest absolute Gasteiger partial charge is 1.00 e. The summed E-state index contributed by atoms with van der Waals surface area (Å²) in [5, 5.41) is 26.9. The average Bonchev–Trinajstić information content (AvgIpc) is 2.96. The van der Waals surface area contributed by atoms with Crippen LogP contribution in [0.25, 0.3) is 22.4 Å². The van der Waals surface area contributed by atoms with E-state index in [0.717, 1.165) is 6.20 Å². The van der Waals surface area contributed by atoms with E-state index in [4.69, 9.17) is 0 Å². The summed E-state index contributed by atoms with van der Waals surface area (Å²) < 4.78 is 14.6. The van der Waals surface area contributed by atoms with Gasteiger partial charge in [-0.3, -0.25) is 9.67 Å². The Balaban J connectivity index is 0.00000182. The third kappa shape index (κ3) is 5.41. The van der Waals surface area contributed by atoms with Crippen LogP contribution in [0.3, 0.4) is 0 Å². The molecule has 2 heterocycles. The summed E-state index contributed by atoms with van der Waals surface area (Å²) in [6.07, 6.45) is 2.69. The first-order chi connectivity index (χ1) is 11.9. The van der Waals surface area contributed by atoms with Crippen LogP contribution in [0.2, 0.25) is 0 Å². The quantitative estimate of drug-likeness (QED) is 0.391. The van der Waals surface area contributed by atoms with E-state index in [9.17, 15) is 24.2 Å². The van der Waals surface area contributed by atoms with Gasteiger partial charge in [-0.25, -0.2) is 4.39 Å². The fourth-order valence-corrected chi connectivity index (χ4v) is 2.55. The number of benzene rings is 1. The molecule has 0 spiro atoms. The average molecular weight is 417 g/mol. The Bertz CT molecular complexity index is 990. The molecule has 10 heteroatoms. The molecule has 0 unspecified atom stereocenters. The summed E-state index contributed by atoms with van der Waals surface area (Å²) in [5.74, 6) is -3.86. The number of nitrogens with zero attached hydrogens (tertiary/aromatic N) is 3. The Morgan fingerprint density at radius 2 is 1.63 bits per heavy atom. The van der Waals surface area contributed by atoms with E-state index in [1.165, 1.54) is 41.2 Å². The molecule has 0 amide bonds. The van der Waals surface area contributed by atoms with E-state index in [0.29, 0.717) is 16.8 Å². The number of carbonyl (C=O) groups excluding carboxylic acids is 2. The Kier molecular flexibility index (Phi) is 9.62. The van der Waals surface area contributed by atoms with Crippen molar-refractivity contribution in [1.82, 2.24) is 14.8 Å².